The lowest BCUT2D eigenvalue weighted by Gasteiger charge is -2.07. The molecule has 1 aromatic heterocycles. The van der Waals surface area contributed by atoms with Crippen molar-refractivity contribution < 1.29 is 0 Å². The number of para-hydroxylation sites is 1. The van der Waals surface area contributed by atoms with E-state index >= 15 is 0 Å². The molecule has 0 amide bonds. The van der Waals surface area contributed by atoms with Crippen LogP contribution >= 0.6 is 0 Å². The third-order valence-electron chi connectivity index (χ3n) is 2.10. The smallest absolute Gasteiger partial charge is 0.0581 e. The molecule has 2 aromatic rings. The Balaban J connectivity index is 2.61. The lowest BCUT2D eigenvalue weighted by atomic mass is 10.0. The van der Waals surface area contributed by atoms with Crippen LogP contribution in [-0.2, 0) is 0 Å². The van der Waals surface area contributed by atoms with Gasteiger partial charge in [-0.3, -0.25) is 4.98 Å². The molecular weight excluding hydrogens is 174 g/mol. The molecule has 1 aromatic carbocycles. The van der Waals surface area contributed by atoms with Gasteiger partial charge in [-0.1, -0.05) is 18.2 Å². The molecule has 1 heterocycles. The van der Waals surface area contributed by atoms with E-state index in [1.165, 1.54) is 0 Å². The van der Waals surface area contributed by atoms with Crippen LogP contribution in [0.15, 0.2) is 42.7 Å². The molecule has 70 valence electrons. The molecule has 0 saturated carbocycles. The maximum Gasteiger partial charge on any atom is 0.0581 e. The van der Waals surface area contributed by atoms with Gasteiger partial charge in [-0.2, -0.15) is 0 Å². The SMILES string of the molecule is Nc1ccccc1-c1ccncc1N. The summed E-state index contributed by atoms with van der Waals surface area (Å²) in [5.41, 5.74) is 14.9. The quantitative estimate of drug-likeness (QED) is 0.667. The van der Waals surface area contributed by atoms with Crippen molar-refractivity contribution in [3.8, 4) is 11.1 Å². The first kappa shape index (κ1) is 8.56. The maximum atomic E-state index is 5.85. The first-order chi connectivity index (χ1) is 6.79. The average molecular weight is 185 g/mol. The number of nitrogens with zero attached hydrogens (tertiary/aromatic N) is 1. The van der Waals surface area contributed by atoms with Gasteiger partial charge in [0.2, 0.25) is 0 Å². The van der Waals surface area contributed by atoms with Crippen LogP contribution in [0, 0.1) is 0 Å². The van der Waals surface area contributed by atoms with Crippen LogP contribution in [0.2, 0.25) is 0 Å². The van der Waals surface area contributed by atoms with Crippen molar-refractivity contribution in [2.45, 2.75) is 0 Å². The molecule has 0 unspecified atom stereocenters. The van der Waals surface area contributed by atoms with Gasteiger partial charge in [0.05, 0.1) is 11.9 Å². The van der Waals surface area contributed by atoms with Crippen LogP contribution in [-0.4, -0.2) is 4.98 Å². The summed E-state index contributed by atoms with van der Waals surface area (Å²) in [5, 5.41) is 0. The van der Waals surface area contributed by atoms with Crippen molar-refractivity contribution >= 4 is 11.4 Å². The number of nitrogens with two attached hydrogens (primary N) is 2. The molecule has 0 aliphatic carbocycles. The maximum absolute atomic E-state index is 5.85. The van der Waals surface area contributed by atoms with E-state index in [0.29, 0.717) is 5.69 Å². The summed E-state index contributed by atoms with van der Waals surface area (Å²) in [4.78, 5) is 3.93. The zero-order valence-electron chi connectivity index (χ0n) is 7.64. The summed E-state index contributed by atoms with van der Waals surface area (Å²) in [6.45, 7) is 0. The molecule has 0 fully saturated rings. The molecule has 0 aliphatic heterocycles. The van der Waals surface area contributed by atoms with Gasteiger partial charge >= 0.3 is 0 Å². The van der Waals surface area contributed by atoms with Crippen molar-refractivity contribution in [2.24, 2.45) is 0 Å². The molecule has 14 heavy (non-hydrogen) atoms. The minimum atomic E-state index is 0.644. The van der Waals surface area contributed by atoms with E-state index < -0.39 is 0 Å². The highest BCUT2D eigenvalue weighted by Crippen LogP contribution is 2.29. The zero-order chi connectivity index (χ0) is 9.97. The van der Waals surface area contributed by atoms with Crippen molar-refractivity contribution in [3.05, 3.63) is 42.7 Å². The number of anilines is 2. The molecule has 0 bridgehead atoms. The zero-order valence-corrected chi connectivity index (χ0v) is 7.64. The monoisotopic (exact) mass is 185 g/mol. The number of rotatable bonds is 1. The second-order valence-corrected chi connectivity index (χ2v) is 3.05. The predicted molar refractivity (Wildman–Crippen MR) is 58.5 cm³/mol. The molecule has 0 radical (unpaired) electrons. The summed E-state index contributed by atoms with van der Waals surface area (Å²) in [5.74, 6) is 0. The molecular formula is C11H11N3. The van der Waals surface area contributed by atoms with Crippen LogP contribution in [0.3, 0.4) is 0 Å². The Morgan fingerprint density at radius 2 is 1.57 bits per heavy atom. The fourth-order valence-electron chi connectivity index (χ4n) is 1.39. The highest BCUT2D eigenvalue weighted by molar-refractivity contribution is 5.83. The molecule has 2 rings (SSSR count). The molecule has 3 heteroatoms. The number of benzene rings is 1. The van der Waals surface area contributed by atoms with E-state index in [1.54, 1.807) is 12.4 Å². The Morgan fingerprint density at radius 1 is 0.857 bits per heavy atom. The van der Waals surface area contributed by atoms with Crippen molar-refractivity contribution in [1.82, 2.24) is 4.98 Å². The lowest BCUT2D eigenvalue weighted by Crippen LogP contribution is -1.94. The largest absolute Gasteiger partial charge is 0.398 e. The summed E-state index contributed by atoms with van der Waals surface area (Å²) in [7, 11) is 0. The molecule has 0 aliphatic rings. The summed E-state index contributed by atoms with van der Waals surface area (Å²) in [6.07, 6.45) is 3.33. The standard InChI is InChI=1S/C11H11N3/c12-10-4-2-1-3-8(10)9-5-6-14-7-11(9)13/h1-7H,12-13H2. The van der Waals surface area contributed by atoms with Crippen LogP contribution in [0.1, 0.15) is 0 Å². The second-order valence-electron chi connectivity index (χ2n) is 3.05. The number of hydrogen-bond acceptors (Lipinski definition) is 3. The van der Waals surface area contributed by atoms with Gasteiger partial charge in [0.1, 0.15) is 0 Å². The normalized spacial score (nSPS) is 10.0. The average Bonchev–Trinajstić information content (AvgIpc) is 2.20. The Labute approximate surface area is 82.4 Å². The Morgan fingerprint density at radius 3 is 2.29 bits per heavy atom. The first-order valence-electron chi connectivity index (χ1n) is 4.33. The van der Waals surface area contributed by atoms with Crippen LogP contribution < -0.4 is 11.5 Å². The summed E-state index contributed by atoms with van der Waals surface area (Å²) < 4.78 is 0. The van der Waals surface area contributed by atoms with E-state index in [0.717, 1.165) is 16.8 Å². The second kappa shape index (κ2) is 3.38. The predicted octanol–water partition coefficient (Wildman–Crippen LogP) is 1.91. The van der Waals surface area contributed by atoms with Crippen molar-refractivity contribution in [1.29, 1.82) is 0 Å². The number of nitrogen functional groups attached to an aromatic ring is 2. The minimum absolute atomic E-state index is 0.644. The van der Waals surface area contributed by atoms with E-state index in [4.69, 9.17) is 11.5 Å². The minimum Gasteiger partial charge on any atom is -0.398 e. The van der Waals surface area contributed by atoms with Gasteiger partial charge in [0.15, 0.2) is 0 Å². The van der Waals surface area contributed by atoms with Crippen LogP contribution in [0.4, 0.5) is 11.4 Å². The van der Waals surface area contributed by atoms with Crippen molar-refractivity contribution in [3.63, 3.8) is 0 Å². The van der Waals surface area contributed by atoms with E-state index in [2.05, 4.69) is 4.98 Å². The topological polar surface area (TPSA) is 64.9 Å². The van der Waals surface area contributed by atoms with E-state index in [9.17, 15) is 0 Å². The Bertz CT molecular complexity index is 408. The third-order valence-corrected chi connectivity index (χ3v) is 2.10. The summed E-state index contributed by atoms with van der Waals surface area (Å²) >= 11 is 0. The fraction of sp³-hybridized carbons (Fsp3) is 0. The van der Waals surface area contributed by atoms with Gasteiger partial charge < -0.3 is 11.5 Å². The molecule has 3 nitrogen and oxygen atoms in total. The van der Waals surface area contributed by atoms with Gasteiger partial charge in [-0.05, 0) is 12.1 Å². The van der Waals surface area contributed by atoms with Crippen LogP contribution in [0.25, 0.3) is 11.1 Å². The van der Waals surface area contributed by atoms with E-state index in [-0.39, 0.29) is 0 Å². The van der Waals surface area contributed by atoms with Gasteiger partial charge in [-0.25, -0.2) is 0 Å². The Kier molecular flexibility index (Phi) is 2.07. The molecule has 4 N–H and O–H groups in total. The lowest BCUT2D eigenvalue weighted by molar-refractivity contribution is 1.33. The number of aromatic nitrogens is 1. The van der Waals surface area contributed by atoms with Gasteiger partial charge in [0, 0.05) is 23.0 Å². The first-order valence-corrected chi connectivity index (χ1v) is 4.33. The highest BCUT2D eigenvalue weighted by Gasteiger charge is 2.04. The number of pyridine rings is 1. The van der Waals surface area contributed by atoms with Gasteiger partial charge in [0.25, 0.3) is 0 Å². The fourth-order valence-corrected chi connectivity index (χ4v) is 1.39. The molecule has 0 spiro atoms. The van der Waals surface area contributed by atoms with Crippen molar-refractivity contribution in [2.75, 3.05) is 11.5 Å². The van der Waals surface area contributed by atoms with Gasteiger partial charge in [-0.15, -0.1) is 0 Å². The third kappa shape index (κ3) is 1.40. The number of hydrogen-bond donors (Lipinski definition) is 2. The van der Waals surface area contributed by atoms with E-state index in [1.807, 2.05) is 30.3 Å². The Hall–Kier alpha value is -2.03. The molecule has 0 atom stereocenters. The summed E-state index contributed by atoms with van der Waals surface area (Å²) in [6, 6.07) is 9.50. The molecule has 0 saturated heterocycles. The van der Waals surface area contributed by atoms with Crippen LogP contribution in [0.5, 0.6) is 0 Å². The highest BCUT2D eigenvalue weighted by atomic mass is 14.7.